The largest absolute Gasteiger partial charge is 0.504 e. The first-order valence-electron chi connectivity index (χ1n) is 11.6. The minimum absolute atomic E-state index is 0.125. The molecule has 174 valence electrons. The van der Waals surface area contributed by atoms with Crippen molar-refractivity contribution in [3.05, 3.63) is 54.6 Å². The Morgan fingerprint density at radius 2 is 1.88 bits per heavy atom. The van der Waals surface area contributed by atoms with Crippen LogP contribution in [0.3, 0.4) is 0 Å². The van der Waals surface area contributed by atoms with Crippen LogP contribution in [0.5, 0.6) is 11.5 Å². The normalized spacial score (nSPS) is 16.2. The molecule has 2 heterocycles. The van der Waals surface area contributed by atoms with Gasteiger partial charge in [-0.25, -0.2) is 4.98 Å². The third-order valence-electron chi connectivity index (χ3n) is 6.25. The molecule has 4 rings (SSSR count). The quantitative estimate of drug-likeness (QED) is 0.372. The molecular formula is C27H33N3O2S. The van der Waals surface area contributed by atoms with E-state index in [-0.39, 0.29) is 5.75 Å². The number of anilines is 1. The maximum absolute atomic E-state index is 10.0. The molecule has 0 saturated carbocycles. The summed E-state index contributed by atoms with van der Waals surface area (Å²) in [5.74, 6) is 2.49. The molecule has 1 atom stereocenters. The number of aromatic hydroxyl groups is 1. The number of phenolic OH excluding ortho intramolecular Hbond substituents is 1. The van der Waals surface area contributed by atoms with Crippen LogP contribution in [0.1, 0.15) is 26.2 Å². The van der Waals surface area contributed by atoms with Crippen molar-refractivity contribution in [2.45, 2.75) is 37.1 Å². The molecule has 0 aliphatic carbocycles. The van der Waals surface area contributed by atoms with E-state index in [1.54, 1.807) is 13.2 Å². The van der Waals surface area contributed by atoms with Crippen molar-refractivity contribution in [2.75, 3.05) is 38.3 Å². The first-order valence-corrected chi connectivity index (χ1v) is 12.6. The summed E-state index contributed by atoms with van der Waals surface area (Å²) in [7, 11) is 3.78. The van der Waals surface area contributed by atoms with Gasteiger partial charge in [0.15, 0.2) is 11.5 Å². The minimum Gasteiger partial charge on any atom is -0.504 e. The molecule has 0 radical (unpaired) electrons. The Morgan fingerprint density at radius 1 is 1.09 bits per heavy atom. The molecular weight excluding hydrogens is 430 g/mol. The number of aromatic nitrogens is 1. The Labute approximate surface area is 201 Å². The van der Waals surface area contributed by atoms with E-state index >= 15 is 0 Å². The number of benzene rings is 2. The standard InChI is InChI=1S/C27H33N3O2S/c1-4-33-23-10-7-19(8-11-23)21-16-24(20-9-12-25(31)26(17-20)32-3)29-27(18-21)28-14-13-22-6-5-15-30(22)2/h7-12,16-18,22,31H,4-6,13-15H2,1-3H3,(H,28,29). The van der Waals surface area contributed by atoms with Crippen molar-refractivity contribution >= 4 is 17.6 Å². The summed E-state index contributed by atoms with van der Waals surface area (Å²) < 4.78 is 5.32. The summed E-state index contributed by atoms with van der Waals surface area (Å²) in [6, 6.07) is 18.9. The monoisotopic (exact) mass is 463 g/mol. The van der Waals surface area contributed by atoms with Crippen LogP contribution in [0, 0.1) is 0 Å². The predicted molar refractivity (Wildman–Crippen MR) is 138 cm³/mol. The molecule has 0 amide bonds. The number of likely N-dealkylation sites (tertiary alicyclic amines) is 1. The Balaban J connectivity index is 1.63. The van der Waals surface area contributed by atoms with Gasteiger partial charge in [0.1, 0.15) is 5.82 Å². The fourth-order valence-electron chi connectivity index (χ4n) is 4.39. The van der Waals surface area contributed by atoms with Crippen LogP contribution >= 0.6 is 11.8 Å². The molecule has 3 aromatic rings. The topological polar surface area (TPSA) is 57.6 Å². The molecule has 1 unspecified atom stereocenters. The van der Waals surface area contributed by atoms with Gasteiger partial charge in [-0.3, -0.25) is 0 Å². The van der Waals surface area contributed by atoms with E-state index in [9.17, 15) is 5.11 Å². The number of pyridine rings is 1. The van der Waals surface area contributed by atoms with E-state index in [1.165, 1.54) is 24.3 Å². The molecule has 0 bridgehead atoms. The molecule has 1 fully saturated rings. The lowest BCUT2D eigenvalue weighted by atomic mass is 10.0. The Morgan fingerprint density at radius 3 is 2.58 bits per heavy atom. The second-order valence-corrected chi connectivity index (χ2v) is 9.80. The van der Waals surface area contributed by atoms with Gasteiger partial charge >= 0.3 is 0 Å². The van der Waals surface area contributed by atoms with Crippen LogP contribution in [-0.4, -0.2) is 54.0 Å². The lowest BCUT2D eigenvalue weighted by Crippen LogP contribution is -2.27. The van der Waals surface area contributed by atoms with Crippen LogP contribution in [0.4, 0.5) is 5.82 Å². The fourth-order valence-corrected chi connectivity index (χ4v) is 5.06. The number of ether oxygens (including phenoxy) is 1. The highest BCUT2D eigenvalue weighted by molar-refractivity contribution is 7.99. The van der Waals surface area contributed by atoms with Gasteiger partial charge in [-0.2, -0.15) is 0 Å². The number of phenols is 1. The highest BCUT2D eigenvalue weighted by atomic mass is 32.2. The van der Waals surface area contributed by atoms with Crippen LogP contribution in [-0.2, 0) is 0 Å². The second-order valence-electron chi connectivity index (χ2n) is 8.46. The predicted octanol–water partition coefficient (Wildman–Crippen LogP) is 6.14. The van der Waals surface area contributed by atoms with E-state index < -0.39 is 0 Å². The number of thioether (sulfide) groups is 1. The van der Waals surface area contributed by atoms with Gasteiger partial charge in [-0.05, 0) is 92.2 Å². The van der Waals surface area contributed by atoms with E-state index in [0.717, 1.165) is 46.9 Å². The molecule has 0 spiro atoms. The zero-order valence-corrected chi connectivity index (χ0v) is 20.5. The van der Waals surface area contributed by atoms with Crippen molar-refractivity contribution < 1.29 is 9.84 Å². The number of hydrogen-bond acceptors (Lipinski definition) is 6. The zero-order chi connectivity index (χ0) is 23.2. The summed E-state index contributed by atoms with van der Waals surface area (Å²) >= 11 is 1.84. The summed E-state index contributed by atoms with van der Waals surface area (Å²) in [5, 5.41) is 13.6. The molecule has 1 aliphatic heterocycles. The average molecular weight is 464 g/mol. The van der Waals surface area contributed by atoms with Gasteiger partial charge < -0.3 is 20.1 Å². The van der Waals surface area contributed by atoms with E-state index in [0.29, 0.717) is 11.8 Å². The maximum atomic E-state index is 10.0. The Hall–Kier alpha value is -2.70. The van der Waals surface area contributed by atoms with Crippen molar-refractivity contribution in [1.29, 1.82) is 0 Å². The van der Waals surface area contributed by atoms with Gasteiger partial charge in [0.2, 0.25) is 0 Å². The number of methoxy groups -OCH3 is 1. The van der Waals surface area contributed by atoms with Gasteiger partial charge in [0.25, 0.3) is 0 Å². The van der Waals surface area contributed by atoms with Gasteiger partial charge in [0.05, 0.1) is 12.8 Å². The maximum Gasteiger partial charge on any atom is 0.161 e. The third kappa shape index (κ3) is 5.81. The molecule has 6 heteroatoms. The van der Waals surface area contributed by atoms with Crippen LogP contribution in [0.2, 0.25) is 0 Å². The van der Waals surface area contributed by atoms with E-state index in [1.807, 2.05) is 23.9 Å². The van der Waals surface area contributed by atoms with Crippen molar-refractivity contribution in [3.63, 3.8) is 0 Å². The lowest BCUT2D eigenvalue weighted by molar-refractivity contribution is 0.301. The number of nitrogens with zero attached hydrogens (tertiary/aromatic N) is 2. The average Bonchev–Trinajstić information content (AvgIpc) is 3.24. The molecule has 5 nitrogen and oxygen atoms in total. The molecule has 2 N–H and O–H groups in total. The smallest absolute Gasteiger partial charge is 0.161 e. The van der Waals surface area contributed by atoms with Crippen molar-refractivity contribution in [2.24, 2.45) is 0 Å². The molecule has 1 aliphatic rings. The zero-order valence-electron chi connectivity index (χ0n) is 19.7. The van der Waals surface area contributed by atoms with Crippen LogP contribution in [0.15, 0.2) is 59.5 Å². The van der Waals surface area contributed by atoms with Crippen LogP contribution < -0.4 is 10.1 Å². The van der Waals surface area contributed by atoms with Gasteiger partial charge in [0, 0.05) is 23.0 Å². The molecule has 1 saturated heterocycles. The number of nitrogens with one attached hydrogen (secondary N) is 1. The Kier molecular flexibility index (Phi) is 7.78. The first-order chi connectivity index (χ1) is 16.1. The van der Waals surface area contributed by atoms with Crippen molar-refractivity contribution in [1.82, 2.24) is 9.88 Å². The third-order valence-corrected chi connectivity index (χ3v) is 7.15. The summed E-state index contributed by atoms with van der Waals surface area (Å²) in [6.07, 6.45) is 3.66. The summed E-state index contributed by atoms with van der Waals surface area (Å²) in [5.41, 5.74) is 4.02. The number of rotatable bonds is 9. The highest BCUT2D eigenvalue weighted by Gasteiger charge is 2.20. The summed E-state index contributed by atoms with van der Waals surface area (Å²) in [6.45, 7) is 4.24. The Bertz CT molecular complexity index is 1070. The van der Waals surface area contributed by atoms with Crippen molar-refractivity contribution in [3.8, 4) is 33.9 Å². The summed E-state index contributed by atoms with van der Waals surface area (Å²) in [4.78, 5) is 8.63. The lowest BCUT2D eigenvalue weighted by Gasteiger charge is -2.19. The minimum atomic E-state index is 0.125. The first kappa shape index (κ1) is 23.5. The number of hydrogen-bond donors (Lipinski definition) is 2. The van der Waals surface area contributed by atoms with Gasteiger partial charge in [-0.1, -0.05) is 19.1 Å². The second kappa shape index (κ2) is 10.9. The molecule has 2 aromatic carbocycles. The molecule has 33 heavy (non-hydrogen) atoms. The SMILES string of the molecule is CCSc1ccc(-c2cc(NCCC3CCCN3C)nc(-c3ccc(O)c(OC)c3)c2)cc1. The molecule has 1 aromatic heterocycles. The van der Waals surface area contributed by atoms with Gasteiger partial charge in [-0.15, -0.1) is 11.8 Å². The highest BCUT2D eigenvalue weighted by Crippen LogP contribution is 2.34. The van der Waals surface area contributed by atoms with E-state index in [4.69, 9.17) is 9.72 Å². The van der Waals surface area contributed by atoms with Crippen LogP contribution in [0.25, 0.3) is 22.4 Å². The van der Waals surface area contributed by atoms with E-state index in [2.05, 4.69) is 60.6 Å². The fraction of sp³-hybridized carbons (Fsp3) is 0.370.